The molecule has 0 aliphatic heterocycles. The van der Waals surface area contributed by atoms with Gasteiger partial charge in [0, 0.05) is 33.0 Å². The SMILES string of the molecule is c1ccc(-c2nc(-c3ccccc3)c3cc(-n4c5ccc6ccccc6c5c5c6ccccc6ccc54)ccc3n2)cc1. The first-order valence-corrected chi connectivity index (χ1v) is 14.6. The smallest absolute Gasteiger partial charge is 0.160 e. The molecule has 0 aliphatic carbocycles. The Balaban J connectivity index is 1.39. The van der Waals surface area contributed by atoms with E-state index in [2.05, 4.69) is 132 Å². The van der Waals surface area contributed by atoms with Crippen molar-refractivity contribution in [1.29, 1.82) is 0 Å². The third-order valence-corrected chi connectivity index (χ3v) is 8.56. The summed E-state index contributed by atoms with van der Waals surface area (Å²) >= 11 is 0. The molecule has 200 valence electrons. The van der Waals surface area contributed by atoms with Crippen LogP contribution in [0.2, 0.25) is 0 Å². The fraction of sp³-hybridized carbons (Fsp3) is 0. The molecule has 0 saturated carbocycles. The molecule has 0 aliphatic rings. The Labute approximate surface area is 248 Å². The summed E-state index contributed by atoms with van der Waals surface area (Å²) < 4.78 is 2.41. The predicted octanol–water partition coefficient (Wildman–Crippen LogP) is 10.4. The second kappa shape index (κ2) is 9.37. The molecular weight excluding hydrogens is 522 g/mol. The first-order chi connectivity index (χ1) is 21.3. The maximum atomic E-state index is 5.15. The van der Waals surface area contributed by atoms with E-state index in [1.807, 2.05) is 24.3 Å². The van der Waals surface area contributed by atoms with Gasteiger partial charge in [0.2, 0.25) is 0 Å². The highest BCUT2D eigenvalue weighted by molar-refractivity contribution is 6.28. The van der Waals surface area contributed by atoms with Gasteiger partial charge in [0.1, 0.15) is 0 Å². The molecule has 2 heterocycles. The van der Waals surface area contributed by atoms with Gasteiger partial charge in [0.15, 0.2) is 5.82 Å². The molecule has 0 bridgehead atoms. The lowest BCUT2D eigenvalue weighted by Gasteiger charge is -2.13. The Morgan fingerprint density at radius 2 is 0.977 bits per heavy atom. The molecule has 43 heavy (non-hydrogen) atoms. The molecule has 9 rings (SSSR count). The highest BCUT2D eigenvalue weighted by Gasteiger charge is 2.19. The highest BCUT2D eigenvalue weighted by Crippen LogP contribution is 2.41. The molecule has 0 radical (unpaired) electrons. The number of benzene rings is 7. The number of hydrogen-bond acceptors (Lipinski definition) is 2. The van der Waals surface area contributed by atoms with Crippen molar-refractivity contribution in [2.24, 2.45) is 0 Å². The van der Waals surface area contributed by atoms with Crippen molar-refractivity contribution in [2.75, 3.05) is 0 Å². The standard InChI is InChI=1S/C40H25N3/c1-3-13-28(14-4-1)39-33-25-30(21-22-34(33)41-40(42-39)29-15-5-2-6-16-29)43-35-23-19-26-11-7-9-17-31(26)37(35)38-32-18-10-8-12-27(32)20-24-36(38)43/h1-25H. The van der Waals surface area contributed by atoms with Crippen LogP contribution < -0.4 is 0 Å². The molecule has 0 unspecified atom stereocenters. The Bertz CT molecular complexity index is 2400. The van der Waals surface area contributed by atoms with E-state index in [0.29, 0.717) is 0 Å². The Kier molecular flexibility index (Phi) is 5.20. The number of nitrogens with zero attached hydrogens (tertiary/aromatic N) is 3. The van der Waals surface area contributed by atoms with E-state index in [9.17, 15) is 0 Å². The van der Waals surface area contributed by atoms with Crippen LogP contribution in [-0.2, 0) is 0 Å². The van der Waals surface area contributed by atoms with Crippen LogP contribution in [0, 0.1) is 0 Å². The van der Waals surface area contributed by atoms with Crippen LogP contribution in [0.15, 0.2) is 152 Å². The van der Waals surface area contributed by atoms with Gasteiger partial charge in [-0.2, -0.15) is 0 Å². The quantitative estimate of drug-likeness (QED) is 0.220. The van der Waals surface area contributed by atoms with Gasteiger partial charge in [-0.05, 0) is 51.9 Å². The minimum Gasteiger partial charge on any atom is -0.309 e. The normalized spacial score (nSPS) is 11.7. The zero-order valence-corrected chi connectivity index (χ0v) is 23.3. The van der Waals surface area contributed by atoms with Crippen LogP contribution in [0.25, 0.3) is 82.6 Å². The molecule has 0 saturated heterocycles. The molecule has 2 aromatic heterocycles. The van der Waals surface area contributed by atoms with Crippen molar-refractivity contribution in [2.45, 2.75) is 0 Å². The van der Waals surface area contributed by atoms with Crippen LogP contribution >= 0.6 is 0 Å². The fourth-order valence-corrected chi connectivity index (χ4v) is 6.61. The molecule has 0 amide bonds. The summed E-state index contributed by atoms with van der Waals surface area (Å²) in [6.45, 7) is 0. The van der Waals surface area contributed by atoms with E-state index < -0.39 is 0 Å². The highest BCUT2D eigenvalue weighted by atomic mass is 15.0. The zero-order chi connectivity index (χ0) is 28.3. The van der Waals surface area contributed by atoms with Crippen molar-refractivity contribution in [3.8, 4) is 28.3 Å². The van der Waals surface area contributed by atoms with E-state index >= 15 is 0 Å². The molecule has 3 nitrogen and oxygen atoms in total. The molecule has 0 fully saturated rings. The van der Waals surface area contributed by atoms with Gasteiger partial charge in [-0.15, -0.1) is 0 Å². The molecular formula is C40H25N3. The van der Waals surface area contributed by atoms with Gasteiger partial charge in [-0.3, -0.25) is 0 Å². The van der Waals surface area contributed by atoms with Crippen molar-refractivity contribution >= 4 is 54.3 Å². The van der Waals surface area contributed by atoms with Crippen molar-refractivity contribution in [3.05, 3.63) is 152 Å². The van der Waals surface area contributed by atoms with Crippen molar-refractivity contribution in [3.63, 3.8) is 0 Å². The van der Waals surface area contributed by atoms with Gasteiger partial charge >= 0.3 is 0 Å². The summed E-state index contributed by atoms with van der Waals surface area (Å²) in [5, 5.41) is 8.61. The van der Waals surface area contributed by atoms with Crippen LogP contribution in [0.1, 0.15) is 0 Å². The average molecular weight is 548 g/mol. The van der Waals surface area contributed by atoms with Crippen LogP contribution in [-0.4, -0.2) is 14.5 Å². The van der Waals surface area contributed by atoms with Gasteiger partial charge in [0.05, 0.1) is 22.2 Å². The Hall–Kier alpha value is -5.80. The largest absolute Gasteiger partial charge is 0.309 e. The first-order valence-electron chi connectivity index (χ1n) is 14.6. The zero-order valence-electron chi connectivity index (χ0n) is 23.3. The Morgan fingerprint density at radius 3 is 1.60 bits per heavy atom. The number of fused-ring (bicyclic) bond motifs is 8. The number of hydrogen-bond donors (Lipinski definition) is 0. The minimum atomic E-state index is 0.731. The third kappa shape index (κ3) is 3.68. The molecule has 0 N–H and O–H groups in total. The van der Waals surface area contributed by atoms with Crippen molar-refractivity contribution in [1.82, 2.24) is 14.5 Å². The third-order valence-electron chi connectivity index (χ3n) is 8.56. The van der Waals surface area contributed by atoms with Gasteiger partial charge < -0.3 is 4.57 Å². The molecule has 9 aromatic rings. The van der Waals surface area contributed by atoms with Crippen molar-refractivity contribution < 1.29 is 0 Å². The van der Waals surface area contributed by atoms with Crippen LogP contribution in [0.5, 0.6) is 0 Å². The minimum absolute atomic E-state index is 0.731. The maximum Gasteiger partial charge on any atom is 0.160 e. The monoisotopic (exact) mass is 547 g/mol. The lowest BCUT2D eigenvalue weighted by molar-refractivity contribution is 1.18. The lowest BCUT2D eigenvalue weighted by Crippen LogP contribution is -1.98. The lowest BCUT2D eigenvalue weighted by atomic mass is 10.00. The molecule has 0 atom stereocenters. The number of rotatable bonds is 3. The summed E-state index contributed by atoms with van der Waals surface area (Å²) in [6, 6.07) is 53.7. The fourth-order valence-electron chi connectivity index (χ4n) is 6.61. The Morgan fingerprint density at radius 1 is 0.419 bits per heavy atom. The topological polar surface area (TPSA) is 30.7 Å². The number of aromatic nitrogens is 3. The molecule has 0 spiro atoms. The average Bonchev–Trinajstić information content (AvgIpc) is 3.44. The predicted molar refractivity (Wildman–Crippen MR) is 180 cm³/mol. The summed E-state index contributed by atoms with van der Waals surface area (Å²) in [7, 11) is 0. The molecule has 7 aromatic carbocycles. The molecule has 3 heteroatoms. The van der Waals surface area contributed by atoms with E-state index in [1.165, 1.54) is 43.4 Å². The van der Waals surface area contributed by atoms with Gasteiger partial charge in [-0.1, -0.05) is 121 Å². The van der Waals surface area contributed by atoms with Crippen LogP contribution in [0.3, 0.4) is 0 Å². The van der Waals surface area contributed by atoms with E-state index in [4.69, 9.17) is 9.97 Å². The summed E-state index contributed by atoms with van der Waals surface area (Å²) in [4.78, 5) is 10.2. The summed E-state index contributed by atoms with van der Waals surface area (Å²) in [5.74, 6) is 0.731. The maximum absolute atomic E-state index is 5.15. The van der Waals surface area contributed by atoms with Gasteiger partial charge in [0.25, 0.3) is 0 Å². The first kappa shape index (κ1) is 23.9. The second-order valence-corrected chi connectivity index (χ2v) is 11.0. The van der Waals surface area contributed by atoms with E-state index in [-0.39, 0.29) is 0 Å². The van der Waals surface area contributed by atoms with E-state index in [0.717, 1.165) is 39.2 Å². The van der Waals surface area contributed by atoms with Gasteiger partial charge in [-0.25, -0.2) is 9.97 Å². The summed E-state index contributed by atoms with van der Waals surface area (Å²) in [6.07, 6.45) is 0. The van der Waals surface area contributed by atoms with E-state index in [1.54, 1.807) is 0 Å². The second-order valence-electron chi connectivity index (χ2n) is 11.0. The van der Waals surface area contributed by atoms with Crippen LogP contribution in [0.4, 0.5) is 0 Å². The summed E-state index contributed by atoms with van der Waals surface area (Å²) in [5.41, 5.74) is 7.40.